The van der Waals surface area contributed by atoms with Gasteiger partial charge in [0.25, 0.3) is 0 Å². The number of aromatic hydroxyl groups is 2. The molecule has 0 aliphatic rings. The van der Waals surface area contributed by atoms with Crippen molar-refractivity contribution in [2.75, 3.05) is 0 Å². The van der Waals surface area contributed by atoms with Crippen molar-refractivity contribution in [1.29, 1.82) is 0 Å². The molecule has 0 aliphatic carbocycles. The topological polar surface area (TPSA) is 66.5 Å². The summed E-state index contributed by atoms with van der Waals surface area (Å²) in [6.45, 7) is 0. The van der Waals surface area contributed by atoms with E-state index in [9.17, 15) is 10.2 Å². The second-order valence-electron chi connectivity index (χ2n) is 4.05. The predicted molar refractivity (Wildman–Crippen MR) is 70.0 cm³/mol. The second-order valence-corrected chi connectivity index (χ2v) is 4.05. The van der Waals surface area contributed by atoms with Crippen molar-refractivity contribution in [3.05, 3.63) is 59.7 Å². The van der Waals surface area contributed by atoms with Gasteiger partial charge in [0.05, 0.1) is 0 Å². The van der Waals surface area contributed by atoms with E-state index in [1.807, 2.05) is 0 Å². The Labute approximate surface area is 106 Å². The highest BCUT2D eigenvalue weighted by molar-refractivity contribution is 5.47. The summed E-state index contributed by atoms with van der Waals surface area (Å²) in [4.78, 5) is 0. The Morgan fingerprint density at radius 1 is 0.833 bits per heavy atom. The van der Waals surface area contributed by atoms with E-state index in [2.05, 4.69) is 5.92 Å². The van der Waals surface area contributed by atoms with Crippen LogP contribution >= 0.6 is 0 Å². The number of benzene rings is 2. The Hall–Kier alpha value is -2.44. The van der Waals surface area contributed by atoms with Gasteiger partial charge in [0.1, 0.15) is 17.0 Å². The standard InChI is InChI=1S/C15H13NO2/c1-2-15(16,11-3-7-13(17)8-4-11)12-5-9-14(18)10-6-12/h1,3-10,17-18H,16H2. The highest BCUT2D eigenvalue weighted by atomic mass is 16.3. The first-order valence-corrected chi connectivity index (χ1v) is 5.42. The van der Waals surface area contributed by atoms with Crippen molar-refractivity contribution in [3.8, 4) is 23.8 Å². The zero-order valence-corrected chi connectivity index (χ0v) is 9.67. The van der Waals surface area contributed by atoms with Crippen LogP contribution in [0.15, 0.2) is 48.5 Å². The normalized spacial score (nSPS) is 10.9. The Kier molecular flexibility index (Phi) is 2.97. The van der Waals surface area contributed by atoms with Gasteiger partial charge < -0.3 is 15.9 Å². The molecule has 2 aromatic carbocycles. The summed E-state index contributed by atoms with van der Waals surface area (Å²) in [6, 6.07) is 12.9. The van der Waals surface area contributed by atoms with E-state index < -0.39 is 5.54 Å². The lowest BCUT2D eigenvalue weighted by molar-refractivity contribution is 0.474. The second kappa shape index (κ2) is 4.44. The molecule has 0 aromatic heterocycles. The van der Waals surface area contributed by atoms with Gasteiger partial charge in [-0.15, -0.1) is 6.42 Å². The fourth-order valence-corrected chi connectivity index (χ4v) is 1.78. The van der Waals surface area contributed by atoms with Crippen LogP contribution < -0.4 is 5.73 Å². The maximum atomic E-state index is 9.28. The van der Waals surface area contributed by atoms with Gasteiger partial charge in [0, 0.05) is 0 Å². The molecule has 0 aliphatic heterocycles. The van der Waals surface area contributed by atoms with Crippen LogP contribution in [0.3, 0.4) is 0 Å². The van der Waals surface area contributed by atoms with Gasteiger partial charge in [0.2, 0.25) is 0 Å². The molecule has 0 saturated heterocycles. The van der Waals surface area contributed by atoms with Crippen LogP contribution in [-0.4, -0.2) is 10.2 Å². The number of phenols is 2. The third-order valence-corrected chi connectivity index (χ3v) is 2.87. The molecule has 18 heavy (non-hydrogen) atoms. The summed E-state index contributed by atoms with van der Waals surface area (Å²) >= 11 is 0. The molecule has 0 spiro atoms. The van der Waals surface area contributed by atoms with Crippen molar-refractivity contribution in [3.63, 3.8) is 0 Å². The summed E-state index contributed by atoms with van der Waals surface area (Å²) in [5.74, 6) is 2.88. The van der Waals surface area contributed by atoms with Gasteiger partial charge in [-0.2, -0.15) is 0 Å². The molecule has 2 aromatic rings. The fraction of sp³-hybridized carbons (Fsp3) is 0.0667. The fourth-order valence-electron chi connectivity index (χ4n) is 1.78. The van der Waals surface area contributed by atoms with E-state index in [1.54, 1.807) is 24.3 Å². The molecule has 0 saturated carbocycles. The number of rotatable bonds is 2. The largest absolute Gasteiger partial charge is 0.508 e. The van der Waals surface area contributed by atoms with E-state index >= 15 is 0 Å². The van der Waals surface area contributed by atoms with Crippen molar-refractivity contribution in [1.82, 2.24) is 0 Å². The summed E-state index contributed by atoms with van der Waals surface area (Å²) in [5, 5.41) is 18.6. The molecule has 0 heterocycles. The Morgan fingerprint density at radius 2 is 1.17 bits per heavy atom. The number of terminal acetylenes is 1. The monoisotopic (exact) mass is 239 g/mol. The molecule has 0 amide bonds. The Balaban J connectivity index is 2.52. The third kappa shape index (κ3) is 2.02. The summed E-state index contributed by atoms with van der Waals surface area (Å²) in [7, 11) is 0. The van der Waals surface area contributed by atoms with Crippen molar-refractivity contribution in [2.24, 2.45) is 5.73 Å². The Morgan fingerprint density at radius 3 is 1.44 bits per heavy atom. The van der Waals surface area contributed by atoms with E-state index in [-0.39, 0.29) is 11.5 Å². The first kappa shape index (κ1) is 12.0. The quantitative estimate of drug-likeness (QED) is 0.701. The van der Waals surface area contributed by atoms with Gasteiger partial charge in [-0.1, -0.05) is 30.2 Å². The smallest absolute Gasteiger partial charge is 0.128 e. The van der Waals surface area contributed by atoms with Crippen LogP contribution in [0.25, 0.3) is 0 Å². The van der Waals surface area contributed by atoms with Gasteiger partial charge in [-0.25, -0.2) is 0 Å². The number of hydrogen-bond donors (Lipinski definition) is 3. The summed E-state index contributed by atoms with van der Waals surface area (Å²) in [5.41, 5.74) is 6.56. The van der Waals surface area contributed by atoms with Gasteiger partial charge in [0.15, 0.2) is 0 Å². The van der Waals surface area contributed by atoms with E-state index in [1.165, 1.54) is 24.3 Å². The minimum atomic E-state index is -1.08. The highest BCUT2D eigenvalue weighted by Crippen LogP contribution is 2.28. The molecule has 4 N–H and O–H groups in total. The van der Waals surface area contributed by atoms with Gasteiger partial charge in [-0.3, -0.25) is 0 Å². The zero-order chi connectivity index (χ0) is 13.2. The van der Waals surface area contributed by atoms with E-state index in [4.69, 9.17) is 12.2 Å². The molecule has 0 atom stereocenters. The first-order valence-electron chi connectivity index (χ1n) is 5.42. The molecule has 0 radical (unpaired) electrons. The molecule has 3 nitrogen and oxygen atoms in total. The number of phenolic OH excluding ortho intramolecular Hbond substituents is 2. The lowest BCUT2D eigenvalue weighted by Crippen LogP contribution is -2.36. The van der Waals surface area contributed by atoms with Crippen LogP contribution in [0.2, 0.25) is 0 Å². The van der Waals surface area contributed by atoms with Crippen LogP contribution in [-0.2, 0) is 5.54 Å². The van der Waals surface area contributed by atoms with Crippen LogP contribution in [0.1, 0.15) is 11.1 Å². The molecule has 3 heteroatoms. The number of hydrogen-bond acceptors (Lipinski definition) is 3. The van der Waals surface area contributed by atoms with E-state index in [0.29, 0.717) is 11.1 Å². The first-order chi connectivity index (χ1) is 8.56. The molecule has 90 valence electrons. The maximum Gasteiger partial charge on any atom is 0.128 e. The summed E-state index contributed by atoms with van der Waals surface area (Å²) in [6.07, 6.45) is 5.55. The SMILES string of the molecule is C#CC(N)(c1ccc(O)cc1)c1ccc(O)cc1. The molecular formula is C15H13NO2. The lowest BCUT2D eigenvalue weighted by Gasteiger charge is -2.24. The Bertz CT molecular complexity index is 534. The minimum Gasteiger partial charge on any atom is -0.508 e. The third-order valence-electron chi connectivity index (χ3n) is 2.87. The van der Waals surface area contributed by atoms with Gasteiger partial charge in [-0.05, 0) is 35.4 Å². The molecule has 2 rings (SSSR count). The molecule has 0 fully saturated rings. The zero-order valence-electron chi connectivity index (χ0n) is 9.67. The maximum absolute atomic E-state index is 9.28. The van der Waals surface area contributed by atoms with Crippen molar-refractivity contribution in [2.45, 2.75) is 5.54 Å². The average molecular weight is 239 g/mol. The van der Waals surface area contributed by atoms with E-state index in [0.717, 1.165) is 0 Å². The van der Waals surface area contributed by atoms with Crippen molar-refractivity contribution >= 4 is 0 Å². The van der Waals surface area contributed by atoms with Crippen LogP contribution in [0, 0.1) is 12.3 Å². The number of nitrogens with two attached hydrogens (primary N) is 1. The highest BCUT2D eigenvalue weighted by Gasteiger charge is 2.27. The molecule has 0 unspecified atom stereocenters. The lowest BCUT2D eigenvalue weighted by atomic mass is 9.84. The summed E-state index contributed by atoms with van der Waals surface area (Å²) < 4.78 is 0. The van der Waals surface area contributed by atoms with Crippen molar-refractivity contribution < 1.29 is 10.2 Å². The van der Waals surface area contributed by atoms with Gasteiger partial charge >= 0.3 is 0 Å². The van der Waals surface area contributed by atoms with Crippen LogP contribution in [0.4, 0.5) is 0 Å². The average Bonchev–Trinajstić information content (AvgIpc) is 2.39. The van der Waals surface area contributed by atoms with Crippen LogP contribution in [0.5, 0.6) is 11.5 Å². The predicted octanol–water partition coefficient (Wildman–Crippen LogP) is 1.93. The molecule has 0 bridgehead atoms. The molecular weight excluding hydrogens is 226 g/mol. The minimum absolute atomic E-state index is 0.156.